The van der Waals surface area contributed by atoms with Crippen molar-refractivity contribution in [2.45, 2.75) is 39.8 Å². The molecule has 0 saturated heterocycles. The molecule has 0 radical (unpaired) electrons. The summed E-state index contributed by atoms with van der Waals surface area (Å²) in [6.07, 6.45) is 1.68. The van der Waals surface area contributed by atoms with Gasteiger partial charge in [0, 0.05) is 38.5 Å². The Morgan fingerprint density at radius 3 is 2.50 bits per heavy atom. The summed E-state index contributed by atoms with van der Waals surface area (Å²) in [5.74, 6) is 0.00796. The van der Waals surface area contributed by atoms with Gasteiger partial charge < -0.3 is 4.57 Å². The molecular weight excluding hydrogens is 462 g/mol. The third-order valence-corrected chi connectivity index (χ3v) is 6.29. The van der Waals surface area contributed by atoms with Gasteiger partial charge in [-0.3, -0.25) is 4.79 Å². The van der Waals surface area contributed by atoms with Crippen molar-refractivity contribution in [3.63, 3.8) is 0 Å². The minimum absolute atomic E-state index is 0.198. The summed E-state index contributed by atoms with van der Waals surface area (Å²) in [7, 11) is 0. The van der Waals surface area contributed by atoms with Crippen molar-refractivity contribution in [1.29, 1.82) is 0 Å². The van der Waals surface area contributed by atoms with E-state index in [4.69, 9.17) is 0 Å². The van der Waals surface area contributed by atoms with Crippen molar-refractivity contribution in [3.8, 4) is 5.69 Å². The van der Waals surface area contributed by atoms with E-state index in [9.17, 15) is 4.79 Å². The van der Waals surface area contributed by atoms with Gasteiger partial charge in [-0.15, -0.1) is 0 Å². The SMILES string of the molecule is Cc1cc(C)nc(SCC(=O)N/N=C\c2cc(C)n(-c3ccc(Br)c(C)c3)c2C)n1. The Balaban J connectivity index is 1.65. The van der Waals surface area contributed by atoms with Gasteiger partial charge in [0.2, 0.25) is 0 Å². The molecule has 156 valence electrons. The zero-order valence-electron chi connectivity index (χ0n) is 17.7. The highest BCUT2D eigenvalue weighted by molar-refractivity contribution is 9.10. The molecule has 1 aromatic carbocycles. The topological polar surface area (TPSA) is 72.2 Å². The number of thioether (sulfide) groups is 1. The number of aryl methyl sites for hydroxylation is 4. The number of benzene rings is 1. The first-order valence-corrected chi connectivity index (χ1v) is 11.2. The first kappa shape index (κ1) is 22.2. The van der Waals surface area contributed by atoms with Crippen molar-refractivity contribution < 1.29 is 4.79 Å². The van der Waals surface area contributed by atoms with Crippen molar-refractivity contribution in [3.05, 3.63) is 68.7 Å². The van der Waals surface area contributed by atoms with Crippen LogP contribution in [0.3, 0.4) is 0 Å². The number of amides is 1. The molecule has 3 rings (SSSR count). The van der Waals surface area contributed by atoms with Crippen LogP contribution in [0.5, 0.6) is 0 Å². The zero-order chi connectivity index (χ0) is 21.8. The molecule has 1 N–H and O–H groups in total. The lowest BCUT2D eigenvalue weighted by Gasteiger charge is -2.11. The second kappa shape index (κ2) is 9.57. The minimum atomic E-state index is -0.198. The normalized spacial score (nSPS) is 11.3. The molecule has 8 heteroatoms. The Bertz CT molecular complexity index is 1100. The summed E-state index contributed by atoms with van der Waals surface area (Å²) in [4.78, 5) is 20.8. The first-order chi connectivity index (χ1) is 14.2. The zero-order valence-corrected chi connectivity index (χ0v) is 20.1. The van der Waals surface area contributed by atoms with E-state index < -0.39 is 0 Å². The molecule has 30 heavy (non-hydrogen) atoms. The van der Waals surface area contributed by atoms with Gasteiger partial charge in [-0.1, -0.05) is 27.7 Å². The monoisotopic (exact) mass is 485 g/mol. The number of aromatic nitrogens is 3. The number of halogens is 1. The first-order valence-electron chi connectivity index (χ1n) is 9.47. The van der Waals surface area contributed by atoms with Crippen LogP contribution in [0.1, 0.15) is 33.9 Å². The standard InChI is InChI=1S/C22H24BrN5OS/c1-13-8-19(6-7-20(13)23)28-16(4)10-18(17(28)5)11-24-27-21(29)12-30-22-25-14(2)9-15(3)26-22/h6-11H,12H2,1-5H3,(H,27,29)/b24-11-. The summed E-state index contributed by atoms with van der Waals surface area (Å²) < 4.78 is 3.26. The molecule has 2 aromatic heterocycles. The number of hydrogen-bond acceptors (Lipinski definition) is 5. The predicted molar refractivity (Wildman–Crippen MR) is 126 cm³/mol. The van der Waals surface area contributed by atoms with Crippen LogP contribution in [0.25, 0.3) is 5.69 Å². The lowest BCUT2D eigenvalue weighted by atomic mass is 10.2. The molecule has 0 atom stereocenters. The minimum Gasteiger partial charge on any atom is -0.318 e. The van der Waals surface area contributed by atoms with Crippen LogP contribution >= 0.6 is 27.7 Å². The molecule has 0 fully saturated rings. The van der Waals surface area contributed by atoms with Crippen molar-refractivity contribution in [2.24, 2.45) is 5.10 Å². The number of carbonyl (C=O) groups is 1. The third kappa shape index (κ3) is 5.37. The van der Waals surface area contributed by atoms with Crippen molar-refractivity contribution in [2.75, 3.05) is 5.75 Å². The average Bonchev–Trinajstić information content (AvgIpc) is 2.95. The maximum Gasteiger partial charge on any atom is 0.250 e. The summed E-state index contributed by atoms with van der Waals surface area (Å²) in [6.45, 7) is 9.99. The van der Waals surface area contributed by atoms with E-state index in [2.05, 4.69) is 79.1 Å². The van der Waals surface area contributed by atoms with Gasteiger partial charge in [0.05, 0.1) is 12.0 Å². The van der Waals surface area contributed by atoms with Gasteiger partial charge in [0.1, 0.15) is 0 Å². The highest BCUT2D eigenvalue weighted by Gasteiger charge is 2.11. The van der Waals surface area contributed by atoms with Gasteiger partial charge in [0.25, 0.3) is 5.91 Å². The van der Waals surface area contributed by atoms with Crippen LogP contribution < -0.4 is 5.43 Å². The Morgan fingerprint density at radius 1 is 1.13 bits per heavy atom. The molecule has 0 spiro atoms. The molecular formula is C22H24BrN5OS. The van der Waals surface area contributed by atoms with Gasteiger partial charge in [-0.05, 0) is 70.5 Å². The third-order valence-electron chi connectivity index (χ3n) is 4.56. The maximum atomic E-state index is 12.1. The summed E-state index contributed by atoms with van der Waals surface area (Å²) in [5.41, 5.74) is 9.75. The Labute approximate surface area is 189 Å². The lowest BCUT2D eigenvalue weighted by Crippen LogP contribution is -2.19. The van der Waals surface area contributed by atoms with E-state index >= 15 is 0 Å². The van der Waals surface area contributed by atoms with Crippen LogP contribution in [0.15, 0.2) is 45.1 Å². The van der Waals surface area contributed by atoms with Gasteiger partial charge in [0.15, 0.2) is 5.16 Å². The largest absolute Gasteiger partial charge is 0.318 e. The molecule has 0 aliphatic rings. The smallest absolute Gasteiger partial charge is 0.250 e. The van der Waals surface area contributed by atoms with Crippen LogP contribution in [0.2, 0.25) is 0 Å². The Hall–Kier alpha value is -2.45. The van der Waals surface area contributed by atoms with Gasteiger partial charge in [-0.2, -0.15) is 5.10 Å². The molecule has 0 aliphatic heterocycles. The maximum absolute atomic E-state index is 12.1. The van der Waals surface area contributed by atoms with Crippen LogP contribution in [-0.2, 0) is 4.79 Å². The number of rotatable bonds is 6. The quantitative estimate of drug-likeness (QED) is 0.235. The molecule has 3 aromatic rings. The van der Waals surface area contributed by atoms with Crippen LogP contribution in [0, 0.1) is 34.6 Å². The fourth-order valence-electron chi connectivity index (χ4n) is 3.18. The van der Waals surface area contributed by atoms with E-state index in [1.165, 1.54) is 17.3 Å². The molecule has 0 saturated carbocycles. The highest BCUT2D eigenvalue weighted by Crippen LogP contribution is 2.24. The summed E-state index contributed by atoms with van der Waals surface area (Å²) >= 11 is 4.84. The number of nitrogens with one attached hydrogen (secondary N) is 1. The van der Waals surface area contributed by atoms with E-state index in [0.29, 0.717) is 5.16 Å². The number of hydrazone groups is 1. The Morgan fingerprint density at radius 2 is 1.83 bits per heavy atom. The lowest BCUT2D eigenvalue weighted by molar-refractivity contribution is -0.118. The average molecular weight is 486 g/mol. The fraction of sp³-hybridized carbons (Fsp3) is 0.273. The number of hydrogen-bond donors (Lipinski definition) is 1. The highest BCUT2D eigenvalue weighted by atomic mass is 79.9. The second-order valence-electron chi connectivity index (χ2n) is 7.11. The molecule has 0 bridgehead atoms. The van der Waals surface area contributed by atoms with Gasteiger partial charge in [-0.25, -0.2) is 15.4 Å². The van der Waals surface area contributed by atoms with E-state index in [1.807, 2.05) is 26.8 Å². The van der Waals surface area contributed by atoms with Crippen molar-refractivity contribution >= 4 is 39.8 Å². The summed E-state index contributed by atoms with van der Waals surface area (Å²) in [6, 6.07) is 10.2. The fourth-order valence-corrected chi connectivity index (χ4v) is 4.17. The number of carbonyl (C=O) groups excluding carboxylic acids is 1. The molecule has 0 unspecified atom stereocenters. The number of nitrogens with zero attached hydrogens (tertiary/aromatic N) is 4. The second-order valence-corrected chi connectivity index (χ2v) is 8.91. The van der Waals surface area contributed by atoms with E-state index in [1.54, 1.807) is 6.21 Å². The molecule has 1 amide bonds. The van der Waals surface area contributed by atoms with E-state index in [-0.39, 0.29) is 11.7 Å². The van der Waals surface area contributed by atoms with Crippen LogP contribution in [-0.4, -0.2) is 32.4 Å². The molecule has 0 aliphatic carbocycles. The van der Waals surface area contributed by atoms with Crippen LogP contribution in [0.4, 0.5) is 0 Å². The van der Waals surface area contributed by atoms with Crippen molar-refractivity contribution in [1.82, 2.24) is 20.0 Å². The molecule has 2 heterocycles. The molecule has 6 nitrogen and oxygen atoms in total. The van der Waals surface area contributed by atoms with Gasteiger partial charge >= 0.3 is 0 Å². The Kier molecular flexibility index (Phi) is 7.10. The summed E-state index contributed by atoms with van der Waals surface area (Å²) in [5, 5.41) is 4.73. The van der Waals surface area contributed by atoms with E-state index in [0.717, 1.165) is 38.5 Å². The predicted octanol–water partition coefficient (Wildman–Crippen LogP) is 4.81.